The Morgan fingerprint density at radius 3 is 2.57 bits per heavy atom. The summed E-state index contributed by atoms with van der Waals surface area (Å²) in [6, 6.07) is 0. The number of H-pyrrole nitrogens is 1. The van der Waals surface area contributed by atoms with Crippen molar-refractivity contribution in [1.82, 2.24) is 9.88 Å². The van der Waals surface area contributed by atoms with Crippen LogP contribution in [0.2, 0.25) is 0 Å². The summed E-state index contributed by atoms with van der Waals surface area (Å²) in [5.74, 6) is -0.571. The first-order chi connectivity index (χ1) is 13.5. The summed E-state index contributed by atoms with van der Waals surface area (Å²) in [7, 11) is 2.90. The maximum absolute atomic E-state index is 13.0. The number of ketones is 1. The molecule has 0 spiro atoms. The number of nitrogens with zero attached hydrogens (tertiary/aromatic N) is 1. The standard InChI is InChI=1S/C21H28N2O5/c1-27-15-8-9-16-17(11-22-18(16)10-15)20(25)21(26)23(13-19(24)28-2)12-14-6-4-3-5-7-14/h10-11,14,22H,3-9,12-13H2,1-2H3. The molecule has 3 rings (SSSR count). The van der Waals surface area contributed by atoms with Crippen molar-refractivity contribution >= 4 is 23.7 Å². The number of ether oxygens (including phenoxy) is 2. The number of hydrogen-bond acceptors (Lipinski definition) is 5. The summed E-state index contributed by atoms with van der Waals surface area (Å²) in [6.07, 6.45) is 10.2. The summed E-state index contributed by atoms with van der Waals surface area (Å²) < 4.78 is 10.0. The minimum absolute atomic E-state index is 0.197. The zero-order valence-electron chi connectivity index (χ0n) is 16.6. The van der Waals surface area contributed by atoms with Gasteiger partial charge in [0.25, 0.3) is 11.7 Å². The van der Waals surface area contributed by atoms with E-state index in [1.54, 1.807) is 13.3 Å². The molecule has 0 unspecified atom stereocenters. The van der Waals surface area contributed by atoms with Crippen molar-refractivity contribution in [2.75, 3.05) is 27.3 Å². The number of carbonyl (C=O) groups excluding carboxylic acids is 3. The molecule has 0 aliphatic heterocycles. The predicted octanol–water partition coefficient (Wildman–Crippen LogP) is 2.71. The maximum Gasteiger partial charge on any atom is 0.325 e. The fourth-order valence-electron chi connectivity index (χ4n) is 4.09. The maximum atomic E-state index is 13.0. The normalized spacial score (nSPS) is 16.7. The number of hydrogen-bond donors (Lipinski definition) is 1. The van der Waals surface area contributed by atoms with Crippen LogP contribution in [0.4, 0.5) is 0 Å². The van der Waals surface area contributed by atoms with Gasteiger partial charge < -0.3 is 19.4 Å². The average Bonchev–Trinajstić information content (AvgIpc) is 3.15. The number of methoxy groups -OCH3 is 2. The molecule has 1 heterocycles. The van der Waals surface area contributed by atoms with Gasteiger partial charge in [0.05, 0.1) is 20.0 Å². The number of amides is 1. The molecule has 0 bridgehead atoms. The highest BCUT2D eigenvalue weighted by molar-refractivity contribution is 6.43. The summed E-state index contributed by atoms with van der Waals surface area (Å²) in [5, 5.41) is 0. The zero-order valence-corrected chi connectivity index (χ0v) is 16.6. The highest BCUT2D eigenvalue weighted by Gasteiger charge is 2.31. The highest BCUT2D eigenvalue weighted by Crippen LogP contribution is 2.28. The van der Waals surface area contributed by atoms with Crippen LogP contribution in [0.3, 0.4) is 0 Å². The number of fused-ring (bicyclic) bond motifs is 1. The SMILES string of the molecule is COC(=O)CN(CC1CCCCC1)C(=O)C(=O)c1c[nH]c2c1CCC(OC)=C2. The fourth-order valence-corrected chi connectivity index (χ4v) is 4.09. The van der Waals surface area contributed by atoms with E-state index in [4.69, 9.17) is 9.47 Å². The van der Waals surface area contributed by atoms with Gasteiger partial charge in [0.15, 0.2) is 0 Å². The first-order valence-electron chi connectivity index (χ1n) is 9.88. The molecule has 1 saturated carbocycles. The third kappa shape index (κ3) is 4.46. The van der Waals surface area contributed by atoms with Crippen molar-refractivity contribution in [3.63, 3.8) is 0 Å². The van der Waals surface area contributed by atoms with Crippen LogP contribution in [0.5, 0.6) is 0 Å². The van der Waals surface area contributed by atoms with Crippen molar-refractivity contribution < 1.29 is 23.9 Å². The highest BCUT2D eigenvalue weighted by atomic mass is 16.5. The quantitative estimate of drug-likeness (QED) is 0.441. The second-order valence-electron chi connectivity index (χ2n) is 7.50. The number of Topliss-reactive ketones (excluding diaryl/α,β-unsaturated/α-hetero) is 1. The van der Waals surface area contributed by atoms with Crippen molar-refractivity contribution in [1.29, 1.82) is 0 Å². The van der Waals surface area contributed by atoms with Crippen molar-refractivity contribution in [2.24, 2.45) is 5.92 Å². The summed E-state index contributed by atoms with van der Waals surface area (Å²) in [6.45, 7) is 0.220. The van der Waals surface area contributed by atoms with Gasteiger partial charge in [-0.05, 0) is 36.8 Å². The predicted molar refractivity (Wildman–Crippen MR) is 104 cm³/mol. The van der Waals surface area contributed by atoms with E-state index in [-0.39, 0.29) is 6.54 Å². The van der Waals surface area contributed by atoms with Crippen LogP contribution >= 0.6 is 0 Å². The van der Waals surface area contributed by atoms with Crippen LogP contribution in [-0.4, -0.2) is 54.9 Å². The topological polar surface area (TPSA) is 88.7 Å². The van der Waals surface area contributed by atoms with Gasteiger partial charge in [-0.15, -0.1) is 0 Å². The van der Waals surface area contributed by atoms with Crippen LogP contribution in [0.25, 0.3) is 6.08 Å². The minimum Gasteiger partial charge on any atom is -0.501 e. The molecular formula is C21H28N2O5. The average molecular weight is 388 g/mol. The molecule has 1 aromatic heterocycles. The van der Waals surface area contributed by atoms with Crippen molar-refractivity contribution in [3.05, 3.63) is 28.8 Å². The molecule has 7 nitrogen and oxygen atoms in total. The first kappa shape index (κ1) is 20.2. The van der Waals surface area contributed by atoms with Crippen molar-refractivity contribution in [2.45, 2.75) is 44.9 Å². The Balaban J connectivity index is 1.78. The Kier molecular flexibility index (Phi) is 6.54. The molecule has 1 N–H and O–H groups in total. The molecule has 1 fully saturated rings. The van der Waals surface area contributed by atoms with E-state index >= 15 is 0 Å². The molecule has 1 amide bonds. The van der Waals surface area contributed by atoms with Gasteiger partial charge >= 0.3 is 5.97 Å². The Bertz CT molecular complexity index is 774. The van der Waals surface area contributed by atoms with Gasteiger partial charge in [-0.25, -0.2) is 0 Å². The van der Waals surface area contributed by atoms with Crippen molar-refractivity contribution in [3.8, 4) is 0 Å². The van der Waals surface area contributed by atoms with Crippen LogP contribution in [-0.2, 0) is 25.5 Å². The molecule has 2 aliphatic rings. The van der Waals surface area contributed by atoms with E-state index in [0.29, 0.717) is 30.9 Å². The second kappa shape index (κ2) is 9.08. The molecular weight excluding hydrogens is 360 g/mol. The smallest absolute Gasteiger partial charge is 0.325 e. The molecule has 7 heteroatoms. The van der Waals surface area contributed by atoms with Crippen LogP contribution < -0.4 is 0 Å². The molecule has 0 atom stereocenters. The number of nitrogens with one attached hydrogen (secondary N) is 1. The largest absolute Gasteiger partial charge is 0.501 e. The Morgan fingerprint density at radius 2 is 1.89 bits per heavy atom. The molecule has 2 aliphatic carbocycles. The number of rotatable bonds is 7. The van der Waals surface area contributed by atoms with Gasteiger partial charge in [-0.2, -0.15) is 0 Å². The van der Waals surface area contributed by atoms with E-state index in [2.05, 4.69) is 4.98 Å². The zero-order chi connectivity index (χ0) is 20.1. The van der Waals surface area contributed by atoms with Gasteiger partial charge in [0.2, 0.25) is 0 Å². The minimum atomic E-state index is -0.640. The van der Waals surface area contributed by atoms with E-state index in [1.807, 2.05) is 6.08 Å². The lowest BCUT2D eigenvalue weighted by molar-refractivity contribution is -0.146. The summed E-state index contributed by atoms with van der Waals surface area (Å²) >= 11 is 0. The Hall–Kier alpha value is -2.57. The number of aromatic nitrogens is 1. The lowest BCUT2D eigenvalue weighted by Crippen LogP contribution is -2.43. The number of allylic oxidation sites excluding steroid dienone is 1. The fraction of sp³-hybridized carbons (Fsp3) is 0.571. The van der Waals surface area contributed by atoms with Gasteiger partial charge in [-0.1, -0.05) is 19.3 Å². The third-order valence-electron chi connectivity index (χ3n) is 5.69. The molecule has 1 aromatic rings. The van der Waals surface area contributed by atoms with Crippen LogP contribution in [0.15, 0.2) is 12.0 Å². The van der Waals surface area contributed by atoms with Gasteiger partial charge in [-0.3, -0.25) is 14.4 Å². The molecule has 28 heavy (non-hydrogen) atoms. The number of carbonyl (C=O) groups is 3. The molecule has 0 radical (unpaired) electrons. The van der Waals surface area contributed by atoms with Gasteiger partial charge in [0, 0.05) is 30.4 Å². The van der Waals surface area contributed by atoms with E-state index in [0.717, 1.165) is 42.7 Å². The summed E-state index contributed by atoms with van der Waals surface area (Å²) in [4.78, 5) is 42.2. The van der Waals surface area contributed by atoms with E-state index in [1.165, 1.54) is 18.4 Å². The molecule has 152 valence electrons. The van der Waals surface area contributed by atoms with E-state index < -0.39 is 17.7 Å². The number of aromatic amines is 1. The first-order valence-corrected chi connectivity index (χ1v) is 9.88. The second-order valence-corrected chi connectivity index (χ2v) is 7.50. The Labute approximate surface area is 165 Å². The van der Waals surface area contributed by atoms with E-state index in [9.17, 15) is 14.4 Å². The van der Waals surface area contributed by atoms with Gasteiger partial charge in [0.1, 0.15) is 6.54 Å². The van der Waals surface area contributed by atoms with Crippen LogP contribution in [0.1, 0.15) is 60.1 Å². The molecule has 0 saturated heterocycles. The monoisotopic (exact) mass is 388 g/mol. The lowest BCUT2D eigenvalue weighted by Gasteiger charge is -2.28. The van der Waals surface area contributed by atoms with Crippen LogP contribution in [0, 0.1) is 5.92 Å². The lowest BCUT2D eigenvalue weighted by atomic mass is 9.88. The Morgan fingerprint density at radius 1 is 1.14 bits per heavy atom. The molecule has 0 aromatic carbocycles. The number of esters is 1. The third-order valence-corrected chi connectivity index (χ3v) is 5.69. The summed E-state index contributed by atoms with van der Waals surface area (Å²) in [5.41, 5.74) is 2.01.